The highest BCUT2D eigenvalue weighted by molar-refractivity contribution is 5.92. The van der Waals surface area contributed by atoms with E-state index < -0.39 is 34.9 Å². The summed E-state index contributed by atoms with van der Waals surface area (Å²) in [5.74, 6) is 5.47. The van der Waals surface area contributed by atoms with Crippen molar-refractivity contribution in [2.24, 2.45) is 34.4 Å². The smallest absolute Gasteiger partial charge is 0.190 e. The van der Waals surface area contributed by atoms with Gasteiger partial charge in [0.15, 0.2) is 11.6 Å². The highest BCUT2D eigenvalue weighted by Crippen LogP contribution is 2.67. The maximum atomic E-state index is 12.4. The number of carbonyl (C=O) groups is 2. The molecule has 3 fully saturated rings. The summed E-state index contributed by atoms with van der Waals surface area (Å²) in [5.41, 5.74) is 1.09. The maximum Gasteiger partial charge on any atom is 0.190 e. The molecule has 4 rings (SSSR count). The van der Waals surface area contributed by atoms with Gasteiger partial charge in [-0.15, -0.1) is 0 Å². The van der Waals surface area contributed by atoms with Crippen molar-refractivity contribution in [3.63, 3.8) is 0 Å². The Kier molecular flexibility index (Phi) is 4.64. The molecule has 3 saturated carbocycles. The van der Waals surface area contributed by atoms with Gasteiger partial charge in [-0.05, 0) is 55.9 Å². The molecular weight excluding hydrogens is 360 g/mol. The number of nitrogens with one attached hydrogen (secondary N) is 1. The van der Waals surface area contributed by atoms with Crippen LogP contribution in [0.3, 0.4) is 0 Å². The predicted molar refractivity (Wildman–Crippen MR) is 102 cm³/mol. The molecule has 4 aliphatic rings. The van der Waals surface area contributed by atoms with Crippen LogP contribution in [0.15, 0.2) is 11.6 Å². The van der Waals surface area contributed by atoms with E-state index in [0.29, 0.717) is 25.7 Å². The quantitative estimate of drug-likeness (QED) is 0.343. The number of hydrazine groups is 1. The Morgan fingerprint density at radius 2 is 2.07 bits per heavy atom. The molecular formula is C21H32N2O5. The van der Waals surface area contributed by atoms with E-state index in [4.69, 9.17) is 5.84 Å². The second-order valence-electron chi connectivity index (χ2n) is 9.85. The summed E-state index contributed by atoms with van der Waals surface area (Å²) in [7, 11) is 0. The molecule has 0 heterocycles. The molecule has 28 heavy (non-hydrogen) atoms. The van der Waals surface area contributed by atoms with Gasteiger partial charge in [0.1, 0.15) is 12.2 Å². The number of rotatable bonds is 3. The summed E-state index contributed by atoms with van der Waals surface area (Å²) >= 11 is 0. The van der Waals surface area contributed by atoms with Crippen LogP contribution in [0.5, 0.6) is 0 Å². The van der Waals surface area contributed by atoms with Crippen molar-refractivity contribution in [3.8, 4) is 0 Å². The Morgan fingerprint density at radius 1 is 1.36 bits per heavy atom. The summed E-state index contributed by atoms with van der Waals surface area (Å²) in [6, 6.07) is -0.244. The number of hydrogen-bond donors (Lipinski definition) is 5. The monoisotopic (exact) mass is 392 g/mol. The average Bonchev–Trinajstić information content (AvgIpc) is 2.92. The van der Waals surface area contributed by atoms with Gasteiger partial charge in [-0.3, -0.25) is 20.9 Å². The second kappa shape index (κ2) is 6.44. The van der Waals surface area contributed by atoms with Gasteiger partial charge in [0, 0.05) is 23.3 Å². The van der Waals surface area contributed by atoms with E-state index in [2.05, 4.69) is 12.3 Å². The first-order valence-electron chi connectivity index (χ1n) is 10.4. The van der Waals surface area contributed by atoms with E-state index in [0.717, 1.165) is 18.4 Å². The fraction of sp³-hybridized carbons (Fsp3) is 0.810. The van der Waals surface area contributed by atoms with Crippen LogP contribution >= 0.6 is 0 Å². The van der Waals surface area contributed by atoms with Crippen molar-refractivity contribution in [3.05, 3.63) is 11.6 Å². The number of carbonyl (C=O) groups excluding carboxylic acids is 2. The van der Waals surface area contributed by atoms with Crippen LogP contribution < -0.4 is 11.3 Å². The Morgan fingerprint density at radius 3 is 2.71 bits per heavy atom. The van der Waals surface area contributed by atoms with Crippen molar-refractivity contribution in [1.29, 1.82) is 0 Å². The Labute approximate surface area is 165 Å². The fourth-order valence-electron chi connectivity index (χ4n) is 7.58. The Hall–Kier alpha value is -1.12. The molecule has 0 bridgehead atoms. The minimum absolute atomic E-state index is 0.0628. The number of aliphatic hydroxyl groups is 3. The SMILES string of the molecule is C[C@]12C[C@H](O)[C@H]3[C@@H](CCC4=CC(=O)CC(NN)[C@@]43C)[C@@H]1CC[C@]2(O)C(=O)CO. The number of ketones is 2. The normalized spacial score (nSPS) is 50.4. The van der Waals surface area contributed by atoms with Crippen LogP contribution in [0.2, 0.25) is 0 Å². The molecule has 6 N–H and O–H groups in total. The average molecular weight is 392 g/mol. The van der Waals surface area contributed by atoms with Gasteiger partial charge in [0.25, 0.3) is 0 Å². The van der Waals surface area contributed by atoms with Crippen molar-refractivity contribution >= 4 is 11.6 Å². The van der Waals surface area contributed by atoms with E-state index in [-0.39, 0.29) is 29.6 Å². The van der Waals surface area contributed by atoms with Crippen LogP contribution in [0.1, 0.15) is 52.4 Å². The molecule has 4 aliphatic carbocycles. The van der Waals surface area contributed by atoms with Crippen LogP contribution in [0.25, 0.3) is 0 Å². The minimum atomic E-state index is -1.59. The van der Waals surface area contributed by atoms with Gasteiger partial charge < -0.3 is 15.3 Å². The lowest BCUT2D eigenvalue weighted by Crippen LogP contribution is -2.65. The van der Waals surface area contributed by atoms with E-state index in [1.54, 1.807) is 6.08 Å². The van der Waals surface area contributed by atoms with Crippen molar-refractivity contribution < 1.29 is 24.9 Å². The summed E-state index contributed by atoms with van der Waals surface area (Å²) in [5, 5.41) is 32.0. The first-order chi connectivity index (χ1) is 13.1. The molecule has 8 atom stereocenters. The summed E-state index contributed by atoms with van der Waals surface area (Å²) in [4.78, 5) is 24.6. The van der Waals surface area contributed by atoms with E-state index in [9.17, 15) is 24.9 Å². The van der Waals surface area contributed by atoms with Gasteiger partial charge >= 0.3 is 0 Å². The molecule has 7 nitrogen and oxygen atoms in total. The molecule has 7 heteroatoms. The number of fused-ring (bicyclic) bond motifs is 5. The van der Waals surface area contributed by atoms with E-state index in [1.165, 1.54) is 0 Å². The third-order valence-corrected chi connectivity index (χ3v) is 9.01. The van der Waals surface area contributed by atoms with Crippen molar-refractivity contribution in [1.82, 2.24) is 5.43 Å². The minimum Gasteiger partial charge on any atom is -0.393 e. The van der Waals surface area contributed by atoms with Gasteiger partial charge in [-0.2, -0.15) is 0 Å². The number of hydrogen-bond acceptors (Lipinski definition) is 7. The maximum absolute atomic E-state index is 12.4. The lowest BCUT2D eigenvalue weighted by Gasteiger charge is -2.62. The molecule has 0 aromatic rings. The lowest BCUT2D eigenvalue weighted by atomic mass is 9.44. The largest absolute Gasteiger partial charge is 0.393 e. The van der Waals surface area contributed by atoms with E-state index >= 15 is 0 Å². The first kappa shape index (κ1) is 20.2. The molecule has 0 spiro atoms. The Balaban J connectivity index is 1.77. The highest BCUT2D eigenvalue weighted by Gasteiger charge is 2.69. The van der Waals surface area contributed by atoms with E-state index in [1.807, 2.05) is 6.92 Å². The predicted octanol–water partition coefficient (Wildman–Crippen LogP) is 0.223. The topological polar surface area (TPSA) is 133 Å². The summed E-state index contributed by atoms with van der Waals surface area (Å²) in [6.07, 6.45) is 4.22. The molecule has 0 aromatic carbocycles. The van der Waals surface area contributed by atoms with Crippen LogP contribution in [0.4, 0.5) is 0 Å². The number of nitrogens with two attached hydrogens (primary N) is 1. The molecule has 0 aliphatic heterocycles. The van der Waals surface area contributed by atoms with Gasteiger partial charge in [-0.25, -0.2) is 0 Å². The standard InChI is InChI=1S/C21H32N2O5/c1-19-9-15(26)18-13(14(19)5-6-21(19,28)17(27)10-24)4-3-11-7-12(25)8-16(23-22)20(11,18)2/h7,13-16,18,23-24,26,28H,3-6,8-10,22H2,1-2H3/t13-,14-,15-,16?,18+,19-,20+,21-/m0/s1. The zero-order chi connectivity index (χ0) is 20.5. The molecule has 0 saturated heterocycles. The summed E-state index contributed by atoms with van der Waals surface area (Å²) in [6.45, 7) is 3.31. The third kappa shape index (κ3) is 2.34. The van der Waals surface area contributed by atoms with Crippen LogP contribution in [0, 0.1) is 28.6 Å². The number of Topliss-reactive ketones (excluding diaryl/α,β-unsaturated/α-hetero) is 1. The van der Waals surface area contributed by atoms with Crippen LogP contribution in [-0.2, 0) is 9.59 Å². The second-order valence-corrected chi connectivity index (χ2v) is 9.85. The van der Waals surface area contributed by atoms with Crippen molar-refractivity contribution in [2.75, 3.05) is 6.61 Å². The fourth-order valence-corrected chi connectivity index (χ4v) is 7.58. The Bertz CT molecular complexity index is 738. The van der Waals surface area contributed by atoms with Gasteiger partial charge in [0.05, 0.1) is 6.10 Å². The highest BCUT2D eigenvalue weighted by atomic mass is 16.3. The van der Waals surface area contributed by atoms with Crippen LogP contribution in [-0.4, -0.2) is 51.2 Å². The molecule has 0 aromatic heterocycles. The molecule has 0 radical (unpaired) electrons. The zero-order valence-corrected chi connectivity index (χ0v) is 16.6. The lowest BCUT2D eigenvalue weighted by molar-refractivity contribution is -0.184. The van der Waals surface area contributed by atoms with Crippen molar-refractivity contribution in [2.45, 2.75) is 70.1 Å². The summed E-state index contributed by atoms with van der Waals surface area (Å²) < 4.78 is 0. The molecule has 1 unspecified atom stereocenters. The molecule has 156 valence electrons. The zero-order valence-electron chi connectivity index (χ0n) is 16.6. The number of aliphatic hydroxyl groups excluding tert-OH is 2. The third-order valence-electron chi connectivity index (χ3n) is 9.01. The first-order valence-corrected chi connectivity index (χ1v) is 10.4. The molecule has 0 amide bonds. The van der Waals surface area contributed by atoms with Gasteiger partial charge in [-0.1, -0.05) is 19.4 Å². The van der Waals surface area contributed by atoms with Gasteiger partial charge in [0.2, 0.25) is 0 Å².